The maximum absolute atomic E-state index is 12.9. The van der Waals surface area contributed by atoms with Crippen molar-refractivity contribution in [2.45, 2.75) is 39.2 Å². The highest BCUT2D eigenvalue weighted by atomic mass is 35.5. The maximum Gasteiger partial charge on any atom is 0.262 e. The first-order valence-electron chi connectivity index (χ1n) is 7.43. The largest absolute Gasteiger partial charge is 0.332 e. The molecule has 1 aromatic carbocycles. The van der Waals surface area contributed by atoms with Gasteiger partial charge in [0.15, 0.2) is 4.77 Å². The van der Waals surface area contributed by atoms with Crippen LogP contribution in [0.2, 0.25) is 5.02 Å². The molecule has 3 rings (SSSR count). The van der Waals surface area contributed by atoms with Crippen LogP contribution in [0.3, 0.4) is 0 Å². The van der Waals surface area contributed by atoms with Crippen LogP contribution in [0, 0.1) is 16.6 Å². The standard InChI is InChI=1S/C16H19ClN2OS/c1-9-4-3-5-14(10(9)2)19-15(20)12-8-11(17)6-7-13(12)18-16(19)21/h6-10,14H,3-5H2,1-2H3,(H,18,21)/t9-,10-,14+/m1/s1. The third-order valence-electron chi connectivity index (χ3n) is 4.89. The van der Waals surface area contributed by atoms with E-state index in [0.29, 0.717) is 27.0 Å². The number of fused-ring (bicyclic) bond motifs is 1. The SMILES string of the molecule is C[C@@H]1[C@H](C)CCC[C@@H]1n1c(=S)[nH]c2ccc(Cl)cc2c1=O. The summed E-state index contributed by atoms with van der Waals surface area (Å²) < 4.78 is 2.29. The number of hydrogen-bond acceptors (Lipinski definition) is 2. The normalized spacial score (nSPS) is 26.1. The van der Waals surface area contributed by atoms with Crippen molar-refractivity contribution in [1.29, 1.82) is 0 Å². The quantitative estimate of drug-likeness (QED) is 0.772. The summed E-state index contributed by atoms with van der Waals surface area (Å²) in [6.45, 7) is 4.48. The number of nitrogens with one attached hydrogen (secondary N) is 1. The van der Waals surface area contributed by atoms with Crippen LogP contribution in [0.4, 0.5) is 0 Å². The van der Waals surface area contributed by atoms with Gasteiger partial charge in [0.05, 0.1) is 10.9 Å². The molecule has 3 nitrogen and oxygen atoms in total. The highest BCUT2D eigenvalue weighted by Crippen LogP contribution is 2.37. The van der Waals surface area contributed by atoms with Crippen LogP contribution in [-0.2, 0) is 0 Å². The summed E-state index contributed by atoms with van der Waals surface area (Å²) >= 11 is 11.5. The van der Waals surface area contributed by atoms with Crippen LogP contribution in [0.15, 0.2) is 23.0 Å². The molecule has 1 aromatic heterocycles. The van der Waals surface area contributed by atoms with E-state index in [1.54, 1.807) is 16.7 Å². The van der Waals surface area contributed by atoms with Gasteiger partial charge >= 0.3 is 0 Å². The summed E-state index contributed by atoms with van der Waals surface area (Å²) in [6.07, 6.45) is 3.38. The fourth-order valence-corrected chi connectivity index (χ4v) is 3.92. The van der Waals surface area contributed by atoms with Crippen LogP contribution < -0.4 is 5.56 Å². The minimum absolute atomic E-state index is 0.0257. The molecule has 0 amide bonds. The van der Waals surface area contributed by atoms with E-state index in [0.717, 1.165) is 18.4 Å². The van der Waals surface area contributed by atoms with Gasteiger partial charge in [-0.1, -0.05) is 38.3 Å². The van der Waals surface area contributed by atoms with Crippen LogP contribution >= 0.6 is 23.8 Å². The number of rotatable bonds is 1. The number of H-pyrrole nitrogens is 1. The fourth-order valence-electron chi connectivity index (χ4n) is 3.42. The Balaban J connectivity index is 2.23. The number of halogens is 1. The Kier molecular flexibility index (Phi) is 3.93. The van der Waals surface area contributed by atoms with E-state index in [1.165, 1.54) is 6.42 Å². The van der Waals surface area contributed by atoms with Crippen molar-refractivity contribution in [2.24, 2.45) is 11.8 Å². The number of aromatic amines is 1. The van der Waals surface area contributed by atoms with Gasteiger partial charge in [0.25, 0.3) is 5.56 Å². The predicted octanol–water partition coefficient (Wildman–Crippen LogP) is 4.71. The topological polar surface area (TPSA) is 37.8 Å². The second kappa shape index (κ2) is 5.58. The molecule has 1 heterocycles. The minimum Gasteiger partial charge on any atom is -0.332 e. The average Bonchev–Trinajstić information content (AvgIpc) is 2.44. The lowest BCUT2D eigenvalue weighted by Crippen LogP contribution is -2.34. The van der Waals surface area contributed by atoms with E-state index in [-0.39, 0.29) is 11.6 Å². The Labute approximate surface area is 133 Å². The molecule has 1 N–H and O–H groups in total. The zero-order valence-electron chi connectivity index (χ0n) is 12.2. The molecule has 112 valence electrons. The molecule has 0 saturated heterocycles. The predicted molar refractivity (Wildman–Crippen MR) is 89.6 cm³/mol. The molecule has 3 atom stereocenters. The fraction of sp³-hybridized carbons (Fsp3) is 0.500. The van der Waals surface area contributed by atoms with E-state index in [4.69, 9.17) is 23.8 Å². The second-order valence-electron chi connectivity index (χ2n) is 6.13. The van der Waals surface area contributed by atoms with E-state index in [2.05, 4.69) is 18.8 Å². The Morgan fingerprint density at radius 2 is 2.10 bits per heavy atom. The Morgan fingerprint density at radius 3 is 2.86 bits per heavy atom. The molecule has 21 heavy (non-hydrogen) atoms. The molecule has 1 aliphatic carbocycles. The Hall–Kier alpha value is -1.13. The number of benzene rings is 1. The molecule has 2 aromatic rings. The van der Waals surface area contributed by atoms with Gasteiger partial charge in [-0.25, -0.2) is 0 Å². The first-order valence-corrected chi connectivity index (χ1v) is 8.21. The van der Waals surface area contributed by atoms with Crippen molar-refractivity contribution >= 4 is 34.7 Å². The monoisotopic (exact) mass is 322 g/mol. The van der Waals surface area contributed by atoms with E-state index < -0.39 is 0 Å². The highest BCUT2D eigenvalue weighted by molar-refractivity contribution is 7.71. The van der Waals surface area contributed by atoms with Gasteiger partial charge in [-0.3, -0.25) is 9.36 Å². The number of hydrogen-bond donors (Lipinski definition) is 1. The average molecular weight is 323 g/mol. The lowest BCUT2D eigenvalue weighted by atomic mass is 9.78. The summed E-state index contributed by atoms with van der Waals surface area (Å²) in [5, 5.41) is 1.18. The van der Waals surface area contributed by atoms with E-state index >= 15 is 0 Å². The van der Waals surface area contributed by atoms with Crippen molar-refractivity contribution in [1.82, 2.24) is 9.55 Å². The van der Waals surface area contributed by atoms with Crippen LogP contribution in [-0.4, -0.2) is 9.55 Å². The van der Waals surface area contributed by atoms with Crippen molar-refractivity contribution in [3.8, 4) is 0 Å². The van der Waals surface area contributed by atoms with E-state index in [1.807, 2.05) is 6.07 Å². The zero-order chi connectivity index (χ0) is 15.1. The van der Waals surface area contributed by atoms with Gasteiger partial charge in [-0.15, -0.1) is 0 Å². The smallest absolute Gasteiger partial charge is 0.262 e. The molecule has 0 bridgehead atoms. The summed E-state index contributed by atoms with van der Waals surface area (Å²) in [7, 11) is 0. The molecule has 1 aliphatic rings. The number of aromatic nitrogens is 2. The summed E-state index contributed by atoms with van der Waals surface area (Å²) in [5.74, 6) is 1.06. The van der Waals surface area contributed by atoms with Gasteiger partial charge < -0.3 is 4.98 Å². The first-order chi connectivity index (χ1) is 9.99. The lowest BCUT2D eigenvalue weighted by molar-refractivity contribution is 0.181. The van der Waals surface area contributed by atoms with Crippen molar-refractivity contribution < 1.29 is 0 Å². The van der Waals surface area contributed by atoms with Gasteiger partial charge in [0.2, 0.25) is 0 Å². The van der Waals surface area contributed by atoms with Crippen LogP contribution in [0.1, 0.15) is 39.2 Å². The molecular formula is C16H19ClN2OS. The van der Waals surface area contributed by atoms with Gasteiger partial charge in [0, 0.05) is 11.1 Å². The van der Waals surface area contributed by atoms with Crippen LogP contribution in [0.5, 0.6) is 0 Å². The molecule has 0 radical (unpaired) electrons. The Morgan fingerprint density at radius 1 is 1.33 bits per heavy atom. The second-order valence-corrected chi connectivity index (χ2v) is 6.95. The Bertz CT molecular complexity index is 795. The number of nitrogens with zero attached hydrogens (tertiary/aromatic N) is 1. The zero-order valence-corrected chi connectivity index (χ0v) is 13.8. The van der Waals surface area contributed by atoms with Crippen molar-refractivity contribution in [3.05, 3.63) is 38.3 Å². The van der Waals surface area contributed by atoms with Gasteiger partial charge in [-0.2, -0.15) is 0 Å². The molecular weight excluding hydrogens is 304 g/mol. The molecule has 0 spiro atoms. The van der Waals surface area contributed by atoms with Crippen molar-refractivity contribution in [2.75, 3.05) is 0 Å². The summed E-state index contributed by atoms with van der Waals surface area (Å²) in [5.41, 5.74) is 0.726. The highest BCUT2D eigenvalue weighted by Gasteiger charge is 2.29. The third kappa shape index (κ3) is 2.55. The molecule has 0 aliphatic heterocycles. The summed E-state index contributed by atoms with van der Waals surface area (Å²) in [4.78, 5) is 16.0. The molecule has 0 unspecified atom stereocenters. The van der Waals surface area contributed by atoms with Crippen LogP contribution in [0.25, 0.3) is 10.9 Å². The minimum atomic E-state index is -0.0257. The third-order valence-corrected chi connectivity index (χ3v) is 5.42. The molecule has 5 heteroatoms. The molecule has 1 fully saturated rings. The van der Waals surface area contributed by atoms with Gasteiger partial charge in [-0.05, 0) is 48.7 Å². The summed E-state index contributed by atoms with van der Waals surface area (Å²) in [6, 6.07) is 5.47. The first kappa shape index (κ1) is 14.8. The van der Waals surface area contributed by atoms with Crippen molar-refractivity contribution in [3.63, 3.8) is 0 Å². The van der Waals surface area contributed by atoms with E-state index in [9.17, 15) is 4.79 Å². The maximum atomic E-state index is 12.9. The van der Waals surface area contributed by atoms with Gasteiger partial charge in [0.1, 0.15) is 0 Å². The lowest BCUT2D eigenvalue weighted by Gasteiger charge is -2.35. The molecule has 1 saturated carbocycles.